The van der Waals surface area contributed by atoms with Crippen molar-refractivity contribution in [2.45, 2.75) is 18.7 Å². The zero-order valence-corrected chi connectivity index (χ0v) is 12.9. The first kappa shape index (κ1) is 15.5. The van der Waals surface area contributed by atoms with Crippen LogP contribution in [0.2, 0.25) is 5.15 Å². The Morgan fingerprint density at radius 1 is 1.29 bits per heavy atom. The van der Waals surface area contributed by atoms with Gasteiger partial charge in [0, 0.05) is 17.4 Å². The molecule has 0 radical (unpaired) electrons. The lowest BCUT2D eigenvalue weighted by molar-refractivity contribution is 0.593. The van der Waals surface area contributed by atoms with Crippen LogP contribution in [0.25, 0.3) is 0 Å². The van der Waals surface area contributed by atoms with Crippen molar-refractivity contribution in [3.05, 3.63) is 46.5 Å². The number of halogens is 2. The summed E-state index contributed by atoms with van der Waals surface area (Å²) >= 11 is 5.84. The van der Waals surface area contributed by atoms with Gasteiger partial charge in [-0.15, -0.1) is 0 Å². The van der Waals surface area contributed by atoms with Crippen LogP contribution in [0.15, 0.2) is 29.3 Å². The van der Waals surface area contributed by atoms with E-state index in [0.717, 1.165) is 11.6 Å². The SMILES string of the molecule is Cc1cnc(Cl)c(NS(=O)(=O)c2cc(N)c(C)c(F)c2)c1. The third kappa shape index (κ3) is 3.25. The van der Waals surface area contributed by atoms with Gasteiger partial charge >= 0.3 is 0 Å². The van der Waals surface area contributed by atoms with Crippen molar-refractivity contribution >= 4 is 33.0 Å². The van der Waals surface area contributed by atoms with E-state index in [9.17, 15) is 12.8 Å². The van der Waals surface area contributed by atoms with Gasteiger partial charge in [0.2, 0.25) is 0 Å². The molecule has 0 bridgehead atoms. The summed E-state index contributed by atoms with van der Waals surface area (Å²) in [5.41, 5.74) is 6.70. The number of anilines is 2. The highest BCUT2D eigenvalue weighted by atomic mass is 35.5. The smallest absolute Gasteiger partial charge is 0.262 e. The minimum absolute atomic E-state index is 0.00438. The molecule has 0 unspecified atom stereocenters. The van der Waals surface area contributed by atoms with E-state index < -0.39 is 15.8 Å². The minimum atomic E-state index is -4.01. The number of nitrogens with two attached hydrogens (primary N) is 1. The molecule has 0 aliphatic heterocycles. The van der Waals surface area contributed by atoms with Crippen LogP contribution in [0.3, 0.4) is 0 Å². The maximum Gasteiger partial charge on any atom is 0.262 e. The largest absolute Gasteiger partial charge is 0.398 e. The molecule has 2 aromatic rings. The Labute approximate surface area is 127 Å². The Morgan fingerprint density at radius 2 is 1.95 bits per heavy atom. The Balaban J connectivity index is 2.46. The van der Waals surface area contributed by atoms with Crippen LogP contribution in [-0.4, -0.2) is 13.4 Å². The summed E-state index contributed by atoms with van der Waals surface area (Å²) < 4.78 is 40.4. The molecule has 1 aromatic carbocycles. The molecule has 0 saturated heterocycles. The molecule has 112 valence electrons. The predicted octanol–water partition coefficient (Wildman–Crippen LogP) is 2.87. The number of nitrogens with zero attached hydrogens (tertiary/aromatic N) is 1. The fourth-order valence-corrected chi connectivity index (χ4v) is 2.97. The summed E-state index contributed by atoms with van der Waals surface area (Å²) in [6.07, 6.45) is 1.50. The van der Waals surface area contributed by atoms with Gasteiger partial charge in [-0.1, -0.05) is 11.6 Å². The molecule has 1 heterocycles. The summed E-state index contributed by atoms with van der Waals surface area (Å²) in [4.78, 5) is 3.57. The Hall–Kier alpha value is -1.86. The molecule has 5 nitrogen and oxygen atoms in total. The fraction of sp³-hybridized carbons (Fsp3) is 0.154. The molecule has 3 N–H and O–H groups in total. The van der Waals surface area contributed by atoms with Crippen LogP contribution in [0, 0.1) is 19.7 Å². The maximum atomic E-state index is 13.6. The molecule has 0 aliphatic carbocycles. The Morgan fingerprint density at radius 3 is 2.57 bits per heavy atom. The average molecular weight is 330 g/mol. The van der Waals surface area contributed by atoms with Gasteiger partial charge in [0.15, 0.2) is 5.15 Å². The summed E-state index contributed by atoms with van der Waals surface area (Å²) in [7, 11) is -4.01. The molecule has 21 heavy (non-hydrogen) atoms. The number of benzene rings is 1. The normalized spacial score (nSPS) is 11.4. The first-order valence-electron chi connectivity index (χ1n) is 5.91. The summed E-state index contributed by atoms with van der Waals surface area (Å²) in [6, 6.07) is 3.63. The first-order chi connectivity index (χ1) is 9.70. The standard InChI is InChI=1S/C13H13ClFN3O2S/c1-7-3-12(13(14)17-6-7)18-21(19,20)9-4-10(15)8(2)11(16)5-9/h3-6,18H,16H2,1-2H3. The molecule has 0 atom stereocenters. The number of aromatic nitrogens is 1. The van der Waals surface area contributed by atoms with Crippen molar-refractivity contribution in [2.75, 3.05) is 10.5 Å². The minimum Gasteiger partial charge on any atom is -0.398 e. The lowest BCUT2D eigenvalue weighted by Gasteiger charge is -2.11. The topological polar surface area (TPSA) is 85.1 Å². The summed E-state index contributed by atoms with van der Waals surface area (Å²) in [5, 5.41) is 0.00438. The average Bonchev–Trinajstić information content (AvgIpc) is 2.39. The van der Waals surface area contributed by atoms with Gasteiger partial charge in [0.05, 0.1) is 10.6 Å². The third-order valence-corrected chi connectivity index (χ3v) is 4.53. The van der Waals surface area contributed by atoms with Crippen molar-refractivity contribution in [3.8, 4) is 0 Å². The molecule has 1 aromatic heterocycles. The second kappa shape index (κ2) is 5.50. The molecule has 0 fully saturated rings. The van der Waals surface area contributed by atoms with E-state index in [4.69, 9.17) is 17.3 Å². The number of rotatable bonds is 3. The fourth-order valence-electron chi connectivity index (χ4n) is 1.66. The molecule has 2 rings (SSSR count). The van der Waals surface area contributed by atoms with Crippen LogP contribution in [0.5, 0.6) is 0 Å². The molecular weight excluding hydrogens is 317 g/mol. The highest BCUT2D eigenvalue weighted by molar-refractivity contribution is 7.92. The molecule has 0 saturated carbocycles. The predicted molar refractivity (Wildman–Crippen MR) is 80.3 cm³/mol. The van der Waals surface area contributed by atoms with Gasteiger partial charge in [0.1, 0.15) is 5.82 Å². The van der Waals surface area contributed by atoms with E-state index >= 15 is 0 Å². The van der Waals surface area contributed by atoms with Gasteiger partial charge < -0.3 is 5.73 Å². The number of pyridine rings is 1. The van der Waals surface area contributed by atoms with Gasteiger partial charge in [-0.25, -0.2) is 17.8 Å². The summed E-state index contributed by atoms with van der Waals surface area (Å²) in [6.45, 7) is 3.21. The lowest BCUT2D eigenvalue weighted by atomic mass is 10.2. The Bertz CT molecular complexity index is 786. The number of aryl methyl sites for hydroxylation is 1. The molecule has 8 heteroatoms. The third-order valence-electron chi connectivity index (χ3n) is 2.89. The van der Waals surface area contributed by atoms with Crippen molar-refractivity contribution in [3.63, 3.8) is 0 Å². The quantitative estimate of drug-likeness (QED) is 0.669. The van der Waals surface area contributed by atoms with Crippen LogP contribution in [0.1, 0.15) is 11.1 Å². The van der Waals surface area contributed by atoms with Crippen molar-refractivity contribution in [2.24, 2.45) is 0 Å². The second-order valence-electron chi connectivity index (χ2n) is 4.58. The molecule has 0 amide bonds. The van der Waals surface area contributed by atoms with Gasteiger partial charge in [0.25, 0.3) is 10.0 Å². The number of sulfonamides is 1. The highest BCUT2D eigenvalue weighted by Crippen LogP contribution is 2.26. The zero-order chi connectivity index (χ0) is 15.8. The molecule has 0 spiro atoms. The Kier molecular flexibility index (Phi) is 4.06. The monoisotopic (exact) mass is 329 g/mol. The number of nitrogens with one attached hydrogen (secondary N) is 1. The van der Waals surface area contributed by atoms with Crippen molar-refractivity contribution in [1.82, 2.24) is 4.98 Å². The van der Waals surface area contributed by atoms with E-state index in [1.807, 2.05) is 0 Å². The van der Waals surface area contributed by atoms with E-state index in [2.05, 4.69) is 9.71 Å². The molecular formula is C13H13ClFN3O2S. The van der Waals surface area contributed by atoms with E-state index in [1.54, 1.807) is 6.92 Å². The first-order valence-corrected chi connectivity index (χ1v) is 7.77. The van der Waals surface area contributed by atoms with Gasteiger partial charge in [-0.05, 0) is 37.6 Å². The summed E-state index contributed by atoms with van der Waals surface area (Å²) in [5.74, 6) is -0.691. The van der Waals surface area contributed by atoms with Crippen LogP contribution in [0.4, 0.5) is 15.8 Å². The highest BCUT2D eigenvalue weighted by Gasteiger charge is 2.19. The van der Waals surface area contributed by atoms with Crippen molar-refractivity contribution < 1.29 is 12.8 Å². The second-order valence-corrected chi connectivity index (χ2v) is 6.62. The van der Waals surface area contributed by atoms with Crippen LogP contribution in [-0.2, 0) is 10.0 Å². The van der Waals surface area contributed by atoms with E-state index in [1.165, 1.54) is 25.3 Å². The van der Waals surface area contributed by atoms with Crippen molar-refractivity contribution in [1.29, 1.82) is 0 Å². The van der Waals surface area contributed by atoms with E-state index in [0.29, 0.717) is 0 Å². The number of hydrogen-bond donors (Lipinski definition) is 2. The van der Waals surface area contributed by atoms with Gasteiger partial charge in [-0.2, -0.15) is 0 Å². The zero-order valence-electron chi connectivity index (χ0n) is 11.3. The number of hydrogen-bond acceptors (Lipinski definition) is 4. The maximum absolute atomic E-state index is 13.6. The lowest BCUT2D eigenvalue weighted by Crippen LogP contribution is -2.14. The number of nitrogen functional groups attached to an aromatic ring is 1. The van der Waals surface area contributed by atoms with Crippen LogP contribution >= 0.6 is 11.6 Å². The molecule has 0 aliphatic rings. The van der Waals surface area contributed by atoms with Crippen LogP contribution < -0.4 is 10.5 Å². The van der Waals surface area contributed by atoms with Gasteiger partial charge in [-0.3, -0.25) is 4.72 Å². The van der Waals surface area contributed by atoms with E-state index in [-0.39, 0.29) is 27.0 Å².